The third-order valence-electron chi connectivity index (χ3n) is 1.99. The molecule has 0 aliphatic rings. The first-order valence-electron chi connectivity index (χ1n) is 4.50. The van der Waals surface area contributed by atoms with Gasteiger partial charge in [-0.15, -0.1) is 0 Å². The van der Waals surface area contributed by atoms with E-state index in [1.807, 2.05) is 30.3 Å². The summed E-state index contributed by atoms with van der Waals surface area (Å²) >= 11 is 5.80. The fourth-order valence-corrected chi connectivity index (χ4v) is 1.56. The normalized spacial score (nSPS) is 10.3. The van der Waals surface area contributed by atoms with E-state index >= 15 is 0 Å². The van der Waals surface area contributed by atoms with Crippen molar-refractivity contribution in [2.75, 3.05) is 0 Å². The van der Waals surface area contributed by atoms with Gasteiger partial charge in [-0.2, -0.15) is 9.78 Å². The monoisotopic (exact) mass is 220 g/mol. The van der Waals surface area contributed by atoms with Crippen LogP contribution in [0.15, 0.2) is 41.2 Å². The Hall–Kier alpha value is -1.61. The number of halogens is 1. The van der Waals surface area contributed by atoms with Crippen molar-refractivity contribution in [2.45, 2.75) is 6.92 Å². The molecule has 1 heterocycles. The van der Waals surface area contributed by atoms with Crippen LogP contribution in [0.2, 0.25) is 5.02 Å². The molecule has 2 aromatic rings. The number of hydrogen-bond acceptors (Lipinski definition) is 2. The molecule has 1 aromatic carbocycles. The second-order valence-electron chi connectivity index (χ2n) is 3.19. The SMILES string of the molecule is Cc1cc(Cl)c(=O)n(-c2ccccc2)n1. The number of aryl methyl sites for hydroxylation is 1. The molecule has 0 radical (unpaired) electrons. The molecule has 2 rings (SSSR count). The zero-order valence-corrected chi connectivity index (χ0v) is 8.90. The van der Waals surface area contributed by atoms with Gasteiger partial charge in [0.05, 0.1) is 11.4 Å². The van der Waals surface area contributed by atoms with E-state index in [1.54, 1.807) is 13.0 Å². The molecule has 3 nitrogen and oxygen atoms in total. The first-order chi connectivity index (χ1) is 7.18. The highest BCUT2D eigenvalue weighted by molar-refractivity contribution is 6.30. The third kappa shape index (κ3) is 1.92. The molecule has 0 bridgehead atoms. The second kappa shape index (κ2) is 3.87. The maximum absolute atomic E-state index is 11.7. The fourth-order valence-electron chi connectivity index (χ4n) is 1.32. The average Bonchev–Trinajstić information content (AvgIpc) is 2.24. The van der Waals surface area contributed by atoms with E-state index in [2.05, 4.69) is 5.10 Å². The summed E-state index contributed by atoms with van der Waals surface area (Å²) in [5, 5.41) is 4.31. The minimum atomic E-state index is -0.298. The highest BCUT2D eigenvalue weighted by Gasteiger charge is 2.05. The molecule has 0 unspecified atom stereocenters. The maximum Gasteiger partial charge on any atom is 0.290 e. The number of para-hydroxylation sites is 1. The number of aromatic nitrogens is 2. The standard InChI is InChI=1S/C11H9ClN2O/c1-8-7-10(12)11(15)14(13-8)9-5-3-2-4-6-9/h2-7H,1H3. The van der Waals surface area contributed by atoms with E-state index in [1.165, 1.54) is 4.68 Å². The predicted octanol–water partition coefficient (Wildman–Crippen LogP) is 2.19. The molecule has 0 aliphatic carbocycles. The summed E-state index contributed by atoms with van der Waals surface area (Å²) in [7, 11) is 0. The highest BCUT2D eigenvalue weighted by Crippen LogP contribution is 2.06. The lowest BCUT2D eigenvalue weighted by Gasteiger charge is -2.05. The molecular formula is C11H9ClN2O. The lowest BCUT2D eigenvalue weighted by molar-refractivity contribution is 0.786. The smallest absolute Gasteiger partial charge is 0.266 e. The van der Waals surface area contributed by atoms with Crippen LogP contribution in [0.25, 0.3) is 5.69 Å². The van der Waals surface area contributed by atoms with Crippen LogP contribution in [0, 0.1) is 6.92 Å². The first-order valence-corrected chi connectivity index (χ1v) is 4.88. The minimum absolute atomic E-state index is 0.186. The Morgan fingerprint density at radius 3 is 2.60 bits per heavy atom. The molecule has 15 heavy (non-hydrogen) atoms. The average molecular weight is 221 g/mol. The molecule has 0 atom stereocenters. The molecule has 0 aliphatic heterocycles. The zero-order chi connectivity index (χ0) is 10.8. The van der Waals surface area contributed by atoms with Gasteiger partial charge in [0.1, 0.15) is 5.02 Å². The lowest BCUT2D eigenvalue weighted by atomic mass is 10.3. The van der Waals surface area contributed by atoms with Gasteiger partial charge < -0.3 is 0 Å². The van der Waals surface area contributed by atoms with Gasteiger partial charge in [-0.25, -0.2) is 0 Å². The number of hydrogen-bond donors (Lipinski definition) is 0. The number of benzene rings is 1. The summed E-state index contributed by atoms with van der Waals surface area (Å²) in [5.74, 6) is 0. The molecule has 76 valence electrons. The topological polar surface area (TPSA) is 34.9 Å². The molecule has 0 spiro atoms. The number of rotatable bonds is 1. The van der Waals surface area contributed by atoms with Crippen molar-refractivity contribution >= 4 is 11.6 Å². The van der Waals surface area contributed by atoms with Gasteiger partial charge in [0.15, 0.2) is 0 Å². The van der Waals surface area contributed by atoms with Crippen LogP contribution >= 0.6 is 11.6 Å². The summed E-state index contributed by atoms with van der Waals surface area (Å²) in [6.07, 6.45) is 0. The summed E-state index contributed by atoms with van der Waals surface area (Å²) < 4.78 is 1.30. The van der Waals surface area contributed by atoms with Gasteiger partial charge in [0.25, 0.3) is 5.56 Å². The van der Waals surface area contributed by atoms with Crippen molar-refractivity contribution in [1.82, 2.24) is 9.78 Å². The molecule has 1 aromatic heterocycles. The minimum Gasteiger partial charge on any atom is -0.266 e. The Morgan fingerprint density at radius 1 is 1.27 bits per heavy atom. The lowest BCUT2D eigenvalue weighted by Crippen LogP contribution is -2.22. The van der Waals surface area contributed by atoms with Crippen molar-refractivity contribution in [3.05, 3.63) is 57.5 Å². The Kier molecular flexibility index (Phi) is 2.56. The second-order valence-corrected chi connectivity index (χ2v) is 3.59. The Labute approximate surface area is 91.9 Å². The molecule has 0 amide bonds. The van der Waals surface area contributed by atoms with Crippen molar-refractivity contribution < 1.29 is 0 Å². The van der Waals surface area contributed by atoms with Crippen LogP contribution in [0.4, 0.5) is 0 Å². The van der Waals surface area contributed by atoms with Gasteiger partial charge in [-0.3, -0.25) is 4.79 Å². The van der Waals surface area contributed by atoms with E-state index in [0.717, 1.165) is 0 Å². The van der Waals surface area contributed by atoms with E-state index in [9.17, 15) is 4.79 Å². The Bertz CT molecular complexity index is 534. The van der Waals surface area contributed by atoms with Gasteiger partial charge in [0.2, 0.25) is 0 Å². The molecule has 4 heteroatoms. The largest absolute Gasteiger partial charge is 0.290 e. The van der Waals surface area contributed by atoms with Crippen molar-refractivity contribution in [3.8, 4) is 5.69 Å². The number of nitrogens with zero attached hydrogens (tertiary/aromatic N) is 2. The summed E-state index contributed by atoms with van der Waals surface area (Å²) in [6, 6.07) is 10.8. The molecule has 0 fully saturated rings. The van der Waals surface area contributed by atoms with Crippen LogP contribution < -0.4 is 5.56 Å². The van der Waals surface area contributed by atoms with Crippen LogP contribution in [-0.2, 0) is 0 Å². The summed E-state index contributed by atoms with van der Waals surface area (Å²) in [6.45, 7) is 1.80. The Balaban J connectivity index is 2.69. The van der Waals surface area contributed by atoms with Crippen LogP contribution in [0.3, 0.4) is 0 Å². The fraction of sp³-hybridized carbons (Fsp3) is 0.0909. The van der Waals surface area contributed by atoms with Gasteiger partial charge >= 0.3 is 0 Å². The molecule has 0 saturated carbocycles. The zero-order valence-electron chi connectivity index (χ0n) is 8.14. The predicted molar refractivity (Wildman–Crippen MR) is 59.6 cm³/mol. The van der Waals surface area contributed by atoms with E-state index < -0.39 is 0 Å². The van der Waals surface area contributed by atoms with Crippen molar-refractivity contribution in [2.24, 2.45) is 0 Å². The van der Waals surface area contributed by atoms with E-state index in [4.69, 9.17) is 11.6 Å². The molecule has 0 N–H and O–H groups in total. The van der Waals surface area contributed by atoms with Crippen LogP contribution in [-0.4, -0.2) is 9.78 Å². The highest BCUT2D eigenvalue weighted by atomic mass is 35.5. The summed E-state index contributed by atoms with van der Waals surface area (Å²) in [4.78, 5) is 11.7. The molecular weight excluding hydrogens is 212 g/mol. The maximum atomic E-state index is 11.7. The van der Waals surface area contributed by atoms with Crippen molar-refractivity contribution in [1.29, 1.82) is 0 Å². The van der Waals surface area contributed by atoms with E-state index in [-0.39, 0.29) is 10.6 Å². The summed E-state index contributed by atoms with van der Waals surface area (Å²) in [5.41, 5.74) is 1.13. The van der Waals surface area contributed by atoms with Crippen LogP contribution in [0.5, 0.6) is 0 Å². The molecule has 0 saturated heterocycles. The van der Waals surface area contributed by atoms with Crippen LogP contribution in [0.1, 0.15) is 5.69 Å². The third-order valence-corrected chi connectivity index (χ3v) is 2.26. The Morgan fingerprint density at radius 2 is 1.93 bits per heavy atom. The van der Waals surface area contributed by atoms with Gasteiger partial charge in [0, 0.05) is 0 Å². The van der Waals surface area contributed by atoms with Crippen molar-refractivity contribution in [3.63, 3.8) is 0 Å². The van der Waals surface area contributed by atoms with Gasteiger partial charge in [-0.1, -0.05) is 29.8 Å². The quantitative estimate of drug-likeness (QED) is 0.739. The van der Waals surface area contributed by atoms with Gasteiger partial charge in [-0.05, 0) is 25.1 Å². The first kappa shape index (κ1) is 9.93. The van der Waals surface area contributed by atoms with E-state index in [0.29, 0.717) is 11.4 Å².